The number of carbonyl (C=O) groups excluding carboxylic acids is 1. The lowest BCUT2D eigenvalue weighted by Crippen LogP contribution is -2.30. The first-order valence-corrected chi connectivity index (χ1v) is 10.6. The molecule has 0 heterocycles. The predicted octanol–water partition coefficient (Wildman–Crippen LogP) is 4.27. The first-order chi connectivity index (χ1) is 12.8. The molecular formula is C19H20BrFN2O3S. The number of benzene rings is 2. The normalized spacial score (nSPS) is 11.9. The van der Waals surface area contributed by atoms with Crippen LogP contribution < -0.4 is 5.32 Å². The topological polar surface area (TPSA) is 66.5 Å². The smallest absolute Gasteiger partial charge is 0.248 e. The van der Waals surface area contributed by atoms with Gasteiger partial charge >= 0.3 is 0 Å². The maximum Gasteiger partial charge on any atom is 0.248 e. The lowest BCUT2D eigenvalue weighted by molar-refractivity contribution is -0.111. The van der Waals surface area contributed by atoms with Crippen LogP contribution >= 0.6 is 15.9 Å². The summed E-state index contributed by atoms with van der Waals surface area (Å²) in [6.07, 6.45) is 2.79. The van der Waals surface area contributed by atoms with Crippen LogP contribution in [0.25, 0.3) is 6.08 Å². The zero-order chi connectivity index (χ0) is 20.0. The van der Waals surface area contributed by atoms with E-state index in [-0.39, 0.29) is 10.6 Å². The molecule has 0 aliphatic rings. The van der Waals surface area contributed by atoms with Crippen LogP contribution in [-0.4, -0.2) is 31.7 Å². The molecule has 0 saturated heterocycles. The molecule has 0 unspecified atom stereocenters. The lowest BCUT2D eigenvalue weighted by atomic mass is 10.2. The van der Waals surface area contributed by atoms with Crippen molar-refractivity contribution in [3.63, 3.8) is 0 Å². The average Bonchev–Trinajstić information content (AvgIpc) is 2.63. The zero-order valence-corrected chi connectivity index (χ0v) is 17.3. The molecule has 0 aliphatic carbocycles. The zero-order valence-electron chi connectivity index (χ0n) is 14.9. The van der Waals surface area contributed by atoms with E-state index in [0.29, 0.717) is 23.1 Å². The molecule has 0 aliphatic heterocycles. The molecule has 0 fully saturated rings. The van der Waals surface area contributed by atoms with Crippen molar-refractivity contribution >= 4 is 43.6 Å². The van der Waals surface area contributed by atoms with Crippen LogP contribution in [0.15, 0.2) is 57.9 Å². The van der Waals surface area contributed by atoms with Crippen LogP contribution in [0.2, 0.25) is 0 Å². The third-order valence-corrected chi connectivity index (χ3v) is 6.40. The SMILES string of the molecule is CCN(CC)S(=O)(=O)c1ccc(/C=C/C(=O)Nc2ccc(Br)cc2F)cc1. The van der Waals surface area contributed by atoms with E-state index in [9.17, 15) is 17.6 Å². The second kappa shape index (κ2) is 9.25. The molecule has 5 nitrogen and oxygen atoms in total. The van der Waals surface area contributed by atoms with Gasteiger partial charge in [0.15, 0.2) is 0 Å². The van der Waals surface area contributed by atoms with Crippen molar-refractivity contribution in [3.05, 3.63) is 64.4 Å². The number of rotatable bonds is 7. The van der Waals surface area contributed by atoms with Crippen LogP contribution in [0, 0.1) is 5.82 Å². The number of anilines is 1. The molecule has 0 atom stereocenters. The number of hydrogen-bond donors (Lipinski definition) is 1. The molecule has 0 spiro atoms. The number of hydrogen-bond acceptors (Lipinski definition) is 3. The van der Waals surface area contributed by atoms with Gasteiger partial charge in [-0.3, -0.25) is 4.79 Å². The van der Waals surface area contributed by atoms with Gasteiger partial charge in [-0.05, 0) is 42.0 Å². The molecule has 0 saturated carbocycles. The highest BCUT2D eigenvalue weighted by Gasteiger charge is 2.20. The van der Waals surface area contributed by atoms with Gasteiger partial charge in [0.05, 0.1) is 10.6 Å². The van der Waals surface area contributed by atoms with Crippen LogP contribution in [-0.2, 0) is 14.8 Å². The van der Waals surface area contributed by atoms with Crippen molar-refractivity contribution in [1.29, 1.82) is 0 Å². The fraction of sp³-hybridized carbons (Fsp3) is 0.211. The van der Waals surface area contributed by atoms with Crippen molar-refractivity contribution < 1.29 is 17.6 Å². The minimum absolute atomic E-state index is 0.0773. The van der Waals surface area contributed by atoms with Gasteiger partial charge in [-0.25, -0.2) is 12.8 Å². The quantitative estimate of drug-likeness (QED) is 0.635. The molecule has 2 aromatic rings. The Morgan fingerprint density at radius 1 is 1.15 bits per heavy atom. The summed E-state index contributed by atoms with van der Waals surface area (Å²) in [5.41, 5.74) is 0.730. The Kier molecular flexibility index (Phi) is 7.29. The van der Waals surface area contributed by atoms with E-state index >= 15 is 0 Å². The summed E-state index contributed by atoms with van der Waals surface area (Å²) < 4.78 is 40.5. The molecule has 0 radical (unpaired) electrons. The van der Waals surface area contributed by atoms with E-state index in [0.717, 1.165) is 0 Å². The van der Waals surface area contributed by atoms with E-state index in [1.54, 1.807) is 32.0 Å². The van der Waals surface area contributed by atoms with Crippen LogP contribution in [0.5, 0.6) is 0 Å². The largest absolute Gasteiger partial charge is 0.320 e. The monoisotopic (exact) mass is 454 g/mol. The van der Waals surface area contributed by atoms with Crippen LogP contribution in [0.3, 0.4) is 0 Å². The Morgan fingerprint density at radius 2 is 1.78 bits per heavy atom. The van der Waals surface area contributed by atoms with Gasteiger partial charge in [-0.2, -0.15) is 4.31 Å². The lowest BCUT2D eigenvalue weighted by Gasteiger charge is -2.18. The summed E-state index contributed by atoms with van der Waals surface area (Å²) in [5, 5.41) is 2.45. The Bertz CT molecular complexity index is 940. The minimum Gasteiger partial charge on any atom is -0.320 e. The Hall–Kier alpha value is -2.03. The molecule has 2 rings (SSSR count). The fourth-order valence-corrected chi connectivity index (χ4v) is 4.19. The van der Waals surface area contributed by atoms with Gasteiger partial charge in [0.25, 0.3) is 0 Å². The van der Waals surface area contributed by atoms with Gasteiger partial charge in [0, 0.05) is 23.6 Å². The minimum atomic E-state index is -3.51. The summed E-state index contributed by atoms with van der Waals surface area (Å²) >= 11 is 3.15. The van der Waals surface area contributed by atoms with Gasteiger partial charge in [-0.15, -0.1) is 0 Å². The number of nitrogens with one attached hydrogen (secondary N) is 1. The van der Waals surface area contributed by atoms with Crippen molar-refractivity contribution in [1.82, 2.24) is 4.31 Å². The highest BCUT2D eigenvalue weighted by molar-refractivity contribution is 9.10. The van der Waals surface area contributed by atoms with Crippen molar-refractivity contribution in [2.24, 2.45) is 0 Å². The third kappa shape index (κ3) is 5.47. The number of halogens is 2. The number of nitrogens with zero attached hydrogens (tertiary/aromatic N) is 1. The van der Waals surface area contributed by atoms with E-state index in [2.05, 4.69) is 21.2 Å². The highest BCUT2D eigenvalue weighted by atomic mass is 79.9. The average molecular weight is 455 g/mol. The maximum absolute atomic E-state index is 13.7. The van der Waals surface area contributed by atoms with Crippen LogP contribution in [0.4, 0.5) is 10.1 Å². The Balaban J connectivity index is 2.08. The number of carbonyl (C=O) groups is 1. The second-order valence-electron chi connectivity index (χ2n) is 5.61. The summed E-state index contributed by atoms with van der Waals surface area (Å²) in [4.78, 5) is 12.1. The van der Waals surface area contributed by atoms with Gasteiger partial charge in [0.1, 0.15) is 5.82 Å². The van der Waals surface area contributed by atoms with E-state index in [1.807, 2.05) is 0 Å². The summed E-state index contributed by atoms with van der Waals surface area (Å²) in [6.45, 7) is 4.36. The fourth-order valence-electron chi connectivity index (χ4n) is 2.40. The summed E-state index contributed by atoms with van der Waals surface area (Å²) in [7, 11) is -3.51. The van der Waals surface area contributed by atoms with Gasteiger partial charge in [-0.1, -0.05) is 41.9 Å². The summed E-state index contributed by atoms with van der Waals surface area (Å²) in [5.74, 6) is -1.03. The van der Waals surface area contributed by atoms with Gasteiger partial charge in [0.2, 0.25) is 15.9 Å². The molecule has 1 N–H and O–H groups in total. The van der Waals surface area contributed by atoms with E-state index in [1.165, 1.54) is 40.7 Å². The van der Waals surface area contributed by atoms with Crippen molar-refractivity contribution in [3.8, 4) is 0 Å². The standard InChI is InChI=1S/C19H20BrFN2O3S/c1-3-23(4-2)27(25,26)16-9-5-14(6-10-16)7-12-19(24)22-18-11-8-15(20)13-17(18)21/h5-13H,3-4H2,1-2H3,(H,22,24)/b12-7+. The van der Waals surface area contributed by atoms with E-state index < -0.39 is 21.7 Å². The molecule has 1 amide bonds. The van der Waals surface area contributed by atoms with Crippen LogP contribution in [0.1, 0.15) is 19.4 Å². The maximum atomic E-state index is 13.7. The molecule has 0 aromatic heterocycles. The Morgan fingerprint density at radius 3 is 2.33 bits per heavy atom. The number of sulfonamides is 1. The second-order valence-corrected chi connectivity index (χ2v) is 8.46. The first kappa shape index (κ1) is 21.3. The predicted molar refractivity (Wildman–Crippen MR) is 108 cm³/mol. The Labute approximate surface area is 167 Å². The molecule has 8 heteroatoms. The molecule has 2 aromatic carbocycles. The molecular weight excluding hydrogens is 435 g/mol. The van der Waals surface area contributed by atoms with Crippen molar-refractivity contribution in [2.75, 3.05) is 18.4 Å². The molecule has 0 bridgehead atoms. The van der Waals surface area contributed by atoms with Crippen molar-refractivity contribution in [2.45, 2.75) is 18.7 Å². The number of amides is 1. The first-order valence-electron chi connectivity index (χ1n) is 8.32. The van der Waals surface area contributed by atoms with Gasteiger partial charge < -0.3 is 5.32 Å². The third-order valence-electron chi connectivity index (χ3n) is 3.84. The highest BCUT2D eigenvalue weighted by Crippen LogP contribution is 2.20. The summed E-state index contributed by atoms with van der Waals surface area (Å²) in [6, 6.07) is 10.6. The molecule has 27 heavy (non-hydrogen) atoms. The van der Waals surface area contributed by atoms with E-state index in [4.69, 9.17) is 0 Å². The molecule has 144 valence electrons.